The number of rotatable bonds is 5. The van der Waals surface area contributed by atoms with E-state index < -0.39 is 28.3 Å². The SMILES string of the molecule is COc1cccc(S(=O)(=O)N2C[C@H](O)COC[C@@H]3O[C@@H](CC(=O)N4CCCCC4)CC[C@H]32)c1. The van der Waals surface area contributed by atoms with Gasteiger partial charge in [0.25, 0.3) is 0 Å². The van der Waals surface area contributed by atoms with Crippen LogP contribution in [0, 0.1) is 0 Å². The number of fused-ring (bicyclic) bond motifs is 1. The van der Waals surface area contributed by atoms with Crippen LogP contribution >= 0.6 is 0 Å². The summed E-state index contributed by atoms with van der Waals surface area (Å²) in [4.78, 5) is 14.7. The molecule has 4 rings (SSSR count). The van der Waals surface area contributed by atoms with E-state index in [9.17, 15) is 18.3 Å². The lowest BCUT2D eigenvalue weighted by Crippen LogP contribution is -2.57. The highest BCUT2D eigenvalue weighted by Crippen LogP contribution is 2.32. The van der Waals surface area contributed by atoms with Crippen LogP contribution in [0.2, 0.25) is 0 Å². The predicted molar refractivity (Wildman–Crippen MR) is 120 cm³/mol. The molecule has 1 N–H and O–H groups in total. The Morgan fingerprint density at radius 1 is 1.18 bits per heavy atom. The van der Waals surface area contributed by atoms with Gasteiger partial charge in [-0.25, -0.2) is 8.42 Å². The number of amides is 1. The molecule has 3 saturated heterocycles. The Balaban J connectivity index is 1.51. The van der Waals surface area contributed by atoms with Crippen molar-refractivity contribution in [2.45, 2.75) is 67.8 Å². The van der Waals surface area contributed by atoms with Gasteiger partial charge in [0.1, 0.15) is 5.75 Å². The lowest BCUT2D eigenvalue weighted by molar-refractivity contribution is -0.152. The number of piperidine rings is 1. The zero-order valence-electron chi connectivity index (χ0n) is 19.1. The third-order valence-corrected chi connectivity index (χ3v) is 8.58. The number of carbonyl (C=O) groups is 1. The van der Waals surface area contributed by atoms with Crippen molar-refractivity contribution >= 4 is 15.9 Å². The van der Waals surface area contributed by atoms with E-state index in [-0.39, 0.29) is 36.7 Å². The molecule has 9 nitrogen and oxygen atoms in total. The minimum Gasteiger partial charge on any atom is -0.497 e. The molecule has 1 aromatic carbocycles. The number of ether oxygens (including phenoxy) is 3. The number of aliphatic hydroxyl groups excluding tert-OH is 1. The van der Waals surface area contributed by atoms with Crippen molar-refractivity contribution in [2.24, 2.45) is 0 Å². The number of carbonyl (C=O) groups excluding carboxylic acids is 1. The fourth-order valence-electron chi connectivity index (χ4n) is 4.94. The van der Waals surface area contributed by atoms with E-state index in [1.807, 2.05) is 4.90 Å². The number of methoxy groups -OCH3 is 1. The van der Waals surface area contributed by atoms with Gasteiger partial charge in [-0.15, -0.1) is 0 Å². The minimum atomic E-state index is -3.91. The van der Waals surface area contributed by atoms with Gasteiger partial charge in [-0.1, -0.05) is 6.07 Å². The average Bonchev–Trinajstić information content (AvgIpc) is 2.82. The lowest BCUT2D eigenvalue weighted by atomic mass is 9.96. The van der Waals surface area contributed by atoms with Gasteiger partial charge >= 0.3 is 0 Å². The molecular weight excluding hydrogens is 448 g/mol. The van der Waals surface area contributed by atoms with Crippen molar-refractivity contribution in [1.29, 1.82) is 0 Å². The number of aliphatic hydroxyl groups is 1. The van der Waals surface area contributed by atoms with Crippen molar-refractivity contribution in [3.63, 3.8) is 0 Å². The summed E-state index contributed by atoms with van der Waals surface area (Å²) in [6.07, 6.45) is 2.92. The second-order valence-electron chi connectivity index (χ2n) is 9.03. The Hall–Kier alpha value is -1.72. The van der Waals surface area contributed by atoms with E-state index in [1.165, 1.54) is 23.5 Å². The molecule has 0 aliphatic carbocycles. The minimum absolute atomic E-state index is 0.0219. The van der Waals surface area contributed by atoms with Gasteiger partial charge in [-0.3, -0.25) is 4.79 Å². The van der Waals surface area contributed by atoms with Crippen LogP contribution in [0.5, 0.6) is 5.75 Å². The molecule has 0 radical (unpaired) electrons. The molecule has 1 amide bonds. The summed E-state index contributed by atoms with van der Waals surface area (Å²) in [7, 11) is -2.43. The Morgan fingerprint density at radius 2 is 1.97 bits per heavy atom. The van der Waals surface area contributed by atoms with Crippen LogP contribution in [0.15, 0.2) is 29.2 Å². The maximum atomic E-state index is 13.6. The van der Waals surface area contributed by atoms with Crippen molar-refractivity contribution in [3.8, 4) is 5.75 Å². The molecule has 3 fully saturated rings. The highest BCUT2D eigenvalue weighted by molar-refractivity contribution is 7.89. The average molecular weight is 483 g/mol. The largest absolute Gasteiger partial charge is 0.497 e. The Bertz CT molecular complexity index is 919. The molecule has 33 heavy (non-hydrogen) atoms. The number of sulfonamides is 1. The molecule has 0 aromatic heterocycles. The van der Waals surface area contributed by atoms with E-state index in [0.717, 1.165) is 32.4 Å². The maximum Gasteiger partial charge on any atom is 0.243 e. The zero-order chi connectivity index (χ0) is 23.4. The first-order valence-corrected chi connectivity index (χ1v) is 13.2. The van der Waals surface area contributed by atoms with Crippen molar-refractivity contribution < 1.29 is 32.5 Å². The van der Waals surface area contributed by atoms with Crippen LogP contribution in [0.3, 0.4) is 0 Å². The van der Waals surface area contributed by atoms with Crippen molar-refractivity contribution in [1.82, 2.24) is 9.21 Å². The van der Waals surface area contributed by atoms with Gasteiger partial charge in [-0.2, -0.15) is 4.31 Å². The van der Waals surface area contributed by atoms with Crippen LogP contribution < -0.4 is 4.74 Å². The van der Waals surface area contributed by atoms with Gasteiger partial charge in [0, 0.05) is 25.7 Å². The molecule has 3 aliphatic rings. The number of hydrogen-bond acceptors (Lipinski definition) is 7. The number of nitrogens with zero attached hydrogens (tertiary/aromatic N) is 2. The lowest BCUT2D eigenvalue weighted by Gasteiger charge is -2.43. The van der Waals surface area contributed by atoms with Gasteiger partial charge < -0.3 is 24.2 Å². The Morgan fingerprint density at radius 3 is 2.73 bits per heavy atom. The third kappa shape index (κ3) is 5.68. The van der Waals surface area contributed by atoms with E-state index in [0.29, 0.717) is 25.0 Å². The first-order valence-electron chi connectivity index (χ1n) is 11.7. The highest BCUT2D eigenvalue weighted by atomic mass is 32.2. The van der Waals surface area contributed by atoms with E-state index in [1.54, 1.807) is 12.1 Å². The van der Waals surface area contributed by atoms with Gasteiger partial charge in [-0.05, 0) is 44.2 Å². The number of hydrogen-bond donors (Lipinski definition) is 1. The molecule has 4 atom stereocenters. The Kier molecular flexibility index (Phi) is 7.91. The predicted octanol–water partition coefficient (Wildman–Crippen LogP) is 1.40. The summed E-state index contributed by atoms with van der Waals surface area (Å²) >= 11 is 0. The van der Waals surface area contributed by atoms with E-state index in [4.69, 9.17) is 14.2 Å². The second-order valence-corrected chi connectivity index (χ2v) is 10.9. The summed E-state index contributed by atoms with van der Waals surface area (Å²) < 4.78 is 45.6. The summed E-state index contributed by atoms with van der Waals surface area (Å²) in [5.74, 6) is 0.543. The highest BCUT2D eigenvalue weighted by Gasteiger charge is 2.43. The Labute approximate surface area is 195 Å². The standard InChI is InChI=1S/C23H34N2O7S/c1-30-18-6-5-7-20(12-18)33(28,29)25-14-17(26)15-31-16-22-21(25)9-8-19(32-22)13-23(27)24-10-3-2-4-11-24/h5-7,12,17,19,21-22,26H,2-4,8-11,13-16H2,1H3/t17-,19+,21+,22-/m0/s1. The number of benzene rings is 1. The molecule has 3 aliphatic heterocycles. The molecular formula is C23H34N2O7S. The molecule has 1 aromatic rings. The van der Waals surface area contributed by atoms with Gasteiger partial charge in [0.2, 0.25) is 15.9 Å². The van der Waals surface area contributed by atoms with Crippen LogP contribution in [0.4, 0.5) is 0 Å². The van der Waals surface area contributed by atoms with E-state index in [2.05, 4.69) is 0 Å². The smallest absolute Gasteiger partial charge is 0.243 e. The summed E-state index contributed by atoms with van der Waals surface area (Å²) in [6.45, 7) is 1.70. The molecule has 0 unspecified atom stereocenters. The van der Waals surface area contributed by atoms with Crippen LogP contribution in [-0.4, -0.2) is 92.9 Å². The summed E-state index contributed by atoms with van der Waals surface area (Å²) in [5, 5.41) is 10.4. The van der Waals surface area contributed by atoms with Crippen molar-refractivity contribution in [2.75, 3.05) is 40.0 Å². The molecule has 0 spiro atoms. The van der Waals surface area contributed by atoms with Crippen LogP contribution in [0.25, 0.3) is 0 Å². The molecule has 0 bridgehead atoms. The first-order chi connectivity index (χ1) is 15.9. The summed E-state index contributed by atoms with van der Waals surface area (Å²) in [6, 6.07) is 5.84. The van der Waals surface area contributed by atoms with E-state index >= 15 is 0 Å². The zero-order valence-corrected chi connectivity index (χ0v) is 19.9. The van der Waals surface area contributed by atoms with Crippen LogP contribution in [-0.2, 0) is 24.3 Å². The molecule has 10 heteroatoms. The molecule has 184 valence electrons. The van der Waals surface area contributed by atoms with Gasteiger partial charge in [0.15, 0.2) is 0 Å². The molecule has 0 saturated carbocycles. The van der Waals surface area contributed by atoms with Crippen molar-refractivity contribution in [3.05, 3.63) is 24.3 Å². The maximum absolute atomic E-state index is 13.6. The quantitative estimate of drug-likeness (QED) is 0.676. The normalized spacial score (nSPS) is 29.6. The third-order valence-electron chi connectivity index (χ3n) is 6.69. The van der Waals surface area contributed by atoms with Gasteiger partial charge in [0.05, 0.1) is 56.0 Å². The van der Waals surface area contributed by atoms with Crippen LogP contribution in [0.1, 0.15) is 38.5 Å². The monoisotopic (exact) mass is 482 g/mol. The summed E-state index contributed by atoms with van der Waals surface area (Å²) in [5.41, 5.74) is 0. The first kappa shape index (κ1) is 24.4. The number of likely N-dealkylation sites (tertiary alicyclic amines) is 1. The topological polar surface area (TPSA) is 106 Å². The second kappa shape index (κ2) is 10.7. The fraction of sp³-hybridized carbons (Fsp3) is 0.696. The number of β-amino-alcohol motifs (C(OH)–C–C–N with tert-alkyl or cyclic N) is 1. The fourth-order valence-corrected chi connectivity index (χ4v) is 6.69. The molecule has 3 heterocycles.